The summed E-state index contributed by atoms with van der Waals surface area (Å²) in [6, 6.07) is 0. The highest BCUT2D eigenvalue weighted by atomic mass is 19.4. The fourth-order valence-corrected chi connectivity index (χ4v) is 2.66. The van der Waals surface area contributed by atoms with Crippen LogP contribution in [0.5, 0.6) is 0 Å². The number of hydrogen-bond donors (Lipinski definition) is 1. The van der Waals surface area contributed by atoms with Crippen molar-refractivity contribution >= 4 is 0 Å². The molecule has 1 N–H and O–H groups in total. The van der Waals surface area contributed by atoms with Gasteiger partial charge in [-0.2, -0.15) is 13.2 Å². The van der Waals surface area contributed by atoms with Crippen molar-refractivity contribution in [2.45, 2.75) is 12.6 Å². The van der Waals surface area contributed by atoms with Gasteiger partial charge in [-0.3, -0.25) is 0 Å². The zero-order valence-electron chi connectivity index (χ0n) is 6.96. The SMILES string of the molecule is OC[C@H]1[C@H](C(F)(F)F)[C@H]2C=C[C@H]1C2. The molecule has 1 fully saturated rings. The minimum absolute atomic E-state index is 0.0541. The van der Waals surface area contributed by atoms with E-state index in [0.29, 0.717) is 6.42 Å². The van der Waals surface area contributed by atoms with Gasteiger partial charge in [-0.15, -0.1) is 0 Å². The Labute approximate surface area is 74.2 Å². The number of rotatable bonds is 1. The van der Waals surface area contributed by atoms with E-state index >= 15 is 0 Å². The number of aliphatic hydroxyl groups is 1. The first-order valence-corrected chi connectivity index (χ1v) is 4.40. The number of alkyl halides is 3. The number of halogens is 3. The van der Waals surface area contributed by atoms with E-state index in [1.165, 1.54) is 0 Å². The van der Waals surface area contributed by atoms with Crippen molar-refractivity contribution < 1.29 is 18.3 Å². The van der Waals surface area contributed by atoms with Crippen molar-refractivity contribution in [2.24, 2.45) is 23.7 Å². The Morgan fingerprint density at radius 3 is 2.31 bits per heavy atom. The van der Waals surface area contributed by atoms with E-state index in [1.807, 2.05) is 6.08 Å². The minimum atomic E-state index is -4.16. The lowest BCUT2D eigenvalue weighted by molar-refractivity contribution is -0.196. The predicted octanol–water partition coefficient (Wildman–Crippen LogP) is 1.98. The molecule has 1 nitrogen and oxygen atoms in total. The predicted molar refractivity (Wildman–Crippen MR) is 40.9 cm³/mol. The van der Waals surface area contributed by atoms with Gasteiger partial charge in [0, 0.05) is 12.5 Å². The molecule has 4 atom stereocenters. The second kappa shape index (κ2) is 2.74. The summed E-state index contributed by atoms with van der Waals surface area (Å²) < 4.78 is 37.5. The molecule has 0 aliphatic heterocycles. The van der Waals surface area contributed by atoms with Crippen molar-refractivity contribution in [3.63, 3.8) is 0 Å². The van der Waals surface area contributed by atoms with E-state index < -0.39 is 18.0 Å². The molecule has 0 saturated heterocycles. The highest BCUT2D eigenvalue weighted by Crippen LogP contribution is 2.53. The Hall–Kier alpha value is -0.510. The van der Waals surface area contributed by atoms with Gasteiger partial charge in [-0.05, 0) is 18.3 Å². The standard InChI is InChI=1S/C9H11F3O/c10-9(11,12)8-6-2-1-5(3-6)7(8)4-13/h1-2,5-8,13H,3-4H2/t5-,6-,7+,8+/m0/s1. The summed E-state index contributed by atoms with van der Waals surface area (Å²) >= 11 is 0. The highest BCUT2D eigenvalue weighted by Gasteiger charge is 2.56. The van der Waals surface area contributed by atoms with Crippen LogP contribution in [0.25, 0.3) is 0 Å². The van der Waals surface area contributed by atoms with Crippen LogP contribution in [0.3, 0.4) is 0 Å². The molecule has 0 aromatic heterocycles. The minimum Gasteiger partial charge on any atom is -0.396 e. The van der Waals surface area contributed by atoms with E-state index in [4.69, 9.17) is 5.11 Å². The van der Waals surface area contributed by atoms with Crippen LogP contribution in [0.15, 0.2) is 12.2 Å². The Kier molecular flexibility index (Phi) is 1.91. The monoisotopic (exact) mass is 192 g/mol. The van der Waals surface area contributed by atoms with Gasteiger partial charge in [-0.25, -0.2) is 0 Å². The molecule has 0 aromatic carbocycles. The Morgan fingerprint density at radius 1 is 1.23 bits per heavy atom. The quantitative estimate of drug-likeness (QED) is 0.630. The van der Waals surface area contributed by atoms with Crippen molar-refractivity contribution in [1.82, 2.24) is 0 Å². The van der Waals surface area contributed by atoms with Crippen LogP contribution in [-0.2, 0) is 0 Å². The van der Waals surface area contributed by atoms with E-state index in [1.54, 1.807) is 6.08 Å². The van der Waals surface area contributed by atoms with Crippen LogP contribution in [0.1, 0.15) is 6.42 Å². The van der Waals surface area contributed by atoms with Gasteiger partial charge in [0.2, 0.25) is 0 Å². The zero-order valence-corrected chi connectivity index (χ0v) is 6.96. The number of allylic oxidation sites excluding steroid dienone is 2. The van der Waals surface area contributed by atoms with Crippen LogP contribution in [-0.4, -0.2) is 17.9 Å². The molecule has 1 saturated carbocycles. The van der Waals surface area contributed by atoms with Crippen LogP contribution in [0, 0.1) is 23.7 Å². The van der Waals surface area contributed by atoms with Gasteiger partial charge in [0.1, 0.15) is 0 Å². The summed E-state index contributed by atoms with van der Waals surface area (Å²) in [5.74, 6) is -2.36. The Balaban J connectivity index is 2.23. The van der Waals surface area contributed by atoms with Gasteiger partial charge < -0.3 is 5.11 Å². The van der Waals surface area contributed by atoms with Crippen molar-refractivity contribution in [3.05, 3.63) is 12.2 Å². The first kappa shape index (κ1) is 9.06. The maximum atomic E-state index is 12.5. The third kappa shape index (κ3) is 1.27. The van der Waals surface area contributed by atoms with Gasteiger partial charge in [0.05, 0.1) is 5.92 Å². The zero-order chi connectivity index (χ0) is 9.64. The van der Waals surface area contributed by atoms with E-state index in [2.05, 4.69) is 0 Å². The summed E-state index contributed by atoms with van der Waals surface area (Å²) in [6.07, 6.45) is -0.129. The lowest BCUT2D eigenvalue weighted by Gasteiger charge is -2.28. The van der Waals surface area contributed by atoms with Gasteiger partial charge in [0.15, 0.2) is 0 Å². The molecule has 2 aliphatic carbocycles. The molecule has 2 aliphatic rings. The van der Waals surface area contributed by atoms with Crippen LogP contribution >= 0.6 is 0 Å². The molecule has 0 radical (unpaired) electrons. The smallest absolute Gasteiger partial charge is 0.392 e. The fraction of sp³-hybridized carbons (Fsp3) is 0.778. The van der Waals surface area contributed by atoms with E-state index in [0.717, 1.165) is 0 Å². The summed E-state index contributed by atoms with van der Waals surface area (Å²) in [5.41, 5.74) is 0. The van der Waals surface area contributed by atoms with Crippen molar-refractivity contribution in [1.29, 1.82) is 0 Å². The van der Waals surface area contributed by atoms with Gasteiger partial charge >= 0.3 is 6.18 Å². The van der Waals surface area contributed by atoms with E-state index in [9.17, 15) is 13.2 Å². The van der Waals surface area contributed by atoms with Gasteiger partial charge in [-0.1, -0.05) is 12.2 Å². The fourth-order valence-electron chi connectivity index (χ4n) is 2.66. The van der Waals surface area contributed by atoms with Crippen LogP contribution < -0.4 is 0 Å². The topological polar surface area (TPSA) is 20.2 Å². The summed E-state index contributed by atoms with van der Waals surface area (Å²) in [5, 5.41) is 8.89. The Morgan fingerprint density at radius 2 is 1.85 bits per heavy atom. The first-order valence-electron chi connectivity index (χ1n) is 4.40. The molecule has 2 rings (SSSR count). The van der Waals surface area contributed by atoms with Crippen molar-refractivity contribution in [2.75, 3.05) is 6.61 Å². The summed E-state index contributed by atoms with van der Waals surface area (Å²) in [4.78, 5) is 0. The van der Waals surface area contributed by atoms with E-state index in [-0.39, 0.29) is 18.4 Å². The molecule has 2 bridgehead atoms. The maximum absolute atomic E-state index is 12.5. The molecular formula is C9H11F3O. The second-order valence-electron chi connectivity index (χ2n) is 3.86. The lowest BCUT2D eigenvalue weighted by Crippen LogP contribution is -2.35. The average molecular weight is 192 g/mol. The Bertz CT molecular complexity index is 234. The second-order valence-corrected chi connectivity index (χ2v) is 3.86. The molecular weight excluding hydrogens is 181 g/mol. The molecule has 0 aromatic rings. The highest BCUT2D eigenvalue weighted by molar-refractivity contribution is 5.14. The number of fused-ring (bicyclic) bond motifs is 2. The third-order valence-electron chi connectivity index (χ3n) is 3.21. The lowest BCUT2D eigenvalue weighted by atomic mass is 9.83. The van der Waals surface area contributed by atoms with Crippen LogP contribution in [0.4, 0.5) is 13.2 Å². The number of hydrogen-bond acceptors (Lipinski definition) is 1. The molecule has 0 amide bonds. The molecule has 13 heavy (non-hydrogen) atoms. The first-order chi connectivity index (χ1) is 6.04. The molecule has 0 unspecified atom stereocenters. The van der Waals surface area contributed by atoms with Crippen molar-refractivity contribution in [3.8, 4) is 0 Å². The molecule has 0 spiro atoms. The third-order valence-corrected chi connectivity index (χ3v) is 3.21. The van der Waals surface area contributed by atoms with Gasteiger partial charge in [0.25, 0.3) is 0 Å². The molecule has 0 heterocycles. The average Bonchev–Trinajstić information content (AvgIpc) is 2.59. The van der Waals surface area contributed by atoms with Crippen LogP contribution in [0.2, 0.25) is 0 Å². The maximum Gasteiger partial charge on any atom is 0.392 e. The molecule has 4 heteroatoms. The normalized spacial score (nSPS) is 43.1. The summed E-state index contributed by atoms with van der Waals surface area (Å²) in [7, 11) is 0. The summed E-state index contributed by atoms with van der Waals surface area (Å²) in [6.45, 7) is -0.352. The largest absolute Gasteiger partial charge is 0.396 e. The molecule has 74 valence electrons. The number of aliphatic hydroxyl groups excluding tert-OH is 1.